The van der Waals surface area contributed by atoms with E-state index in [0.717, 1.165) is 5.46 Å². The monoisotopic (exact) mass is 662 g/mol. The molecule has 0 heterocycles. The number of rotatable bonds is 0. The Kier molecular flexibility index (Phi) is 12.6. The first-order valence-electron chi connectivity index (χ1n) is 9.75. The van der Waals surface area contributed by atoms with Gasteiger partial charge in [-0.1, -0.05) is 93.6 Å². The summed E-state index contributed by atoms with van der Waals surface area (Å²) in [6.45, 7) is 4.24. The Labute approximate surface area is 227 Å². The van der Waals surface area contributed by atoms with Crippen LogP contribution in [0, 0.1) is 13.8 Å². The third-order valence-electron chi connectivity index (χ3n) is 4.48. The SMILES string of the molecule is Cc1cc2c(Br)cccc2[cH-]1.Cc1cc2c(Br)cccc2[cH-]1.[B]c1ccccc1.[Cl][Zr+2][Cl]. The van der Waals surface area contributed by atoms with Gasteiger partial charge in [0.05, 0.1) is 0 Å². The predicted octanol–water partition coefficient (Wildman–Crippen LogP) is 9.12. The van der Waals surface area contributed by atoms with Gasteiger partial charge in [-0.3, -0.25) is 0 Å². The van der Waals surface area contributed by atoms with Crippen molar-refractivity contribution in [3.05, 3.63) is 111 Å². The quantitative estimate of drug-likeness (QED) is 0.114. The second-order valence-electron chi connectivity index (χ2n) is 7.03. The fraction of sp³-hybridized carbons (Fsp3) is 0.0769. The summed E-state index contributed by atoms with van der Waals surface area (Å²) >= 11 is 6.19. The van der Waals surface area contributed by atoms with Crippen LogP contribution in [-0.2, 0) is 20.8 Å². The van der Waals surface area contributed by atoms with E-state index in [2.05, 4.69) is 106 Å². The molecule has 0 aliphatic rings. The molecule has 2 radical (unpaired) electrons. The van der Waals surface area contributed by atoms with Crippen LogP contribution in [0.1, 0.15) is 11.1 Å². The van der Waals surface area contributed by atoms with Gasteiger partial charge in [-0.15, -0.1) is 69.1 Å². The molecule has 0 unspecified atom stereocenters. The average Bonchev–Trinajstić information content (AvgIpc) is 3.33. The van der Waals surface area contributed by atoms with Crippen molar-refractivity contribution in [1.29, 1.82) is 0 Å². The minimum absolute atomic E-state index is 0.822. The Morgan fingerprint density at radius 3 is 1.41 bits per heavy atom. The Morgan fingerprint density at radius 1 is 0.688 bits per heavy atom. The molecule has 5 aromatic carbocycles. The molecule has 0 nitrogen and oxygen atoms in total. The maximum atomic E-state index is 5.36. The van der Waals surface area contributed by atoms with Gasteiger partial charge >= 0.3 is 37.9 Å². The van der Waals surface area contributed by atoms with E-state index in [4.69, 9.17) is 24.9 Å². The zero-order valence-corrected chi connectivity index (χ0v) is 24.9. The molecule has 0 aromatic heterocycles. The van der Waals surface area contributed by atoms with Crippen molar-refractivity contribution in [2.45, 2.75) is 13.8 Å². The van der Waals surface area contributed by atoms with Gasteiger partial charge in [0, 0.05) is 0 Å². The molecule has 0 saturated heterocycles. The molecule has 0 spiro atoms. The summed E-state index contributed by atoms with van der Waals surface area (Å²) in [5.74, 6) is 0. The van der Waals surface area contributed by atoms with Gasteiger partial charge in [0.25, 0.3) is 0 Å². The number of halogens is 4. The standard InChI is InChI=1S/2C10H8Br.C6H5B.2ClH.Zr/c2*1-7-5-8-3-2-4-10(11)9(8)6-7;7-6-4-2-1-3-5-6;;;/h2*2-6H,1H3;1-5H;2*1H;/q2*-1;;;;+4/p-2. The Balaban J connectivity index is 0.000000164. The van der Waals surface area contributed by atoms with E-state index in [0.29, 0.717) is 0 Å². The Morgan fingerprint density at radius 2 is 1.09 bits per heavy atom. The summed E-state index contributed by atoms with van der Waals surface area (Å²) in [6, 6.07) is 30.8. The van der Waals surface area contributed by atoms with E-state index < -0.39 is 20.8 Å². The minimum atomic E-state index is -0.826. The fourth-order valence-electron chi connectivity index (χ4n) is 3.15. The molecule has 0 saturated carbocycles. The van der Waals surface area contributed by atoms with Crippen LogP contribution in [0.5, 0.6) is 0 Å². The molecule has 32 heavy (non-hydrogen) atoms. The van der Waals surface area contributed by atoms with Crippen molar-refractivity contribution in [2.24, 2.45) is 0 Å². The molecule has 5 rings (SSSR count). The van der Waals surface area contributed by atoms with E-state index in [9.17, 15) is 0 Å². The molecule has 5 aromatic rings. The number of aryl methyl sites for hydroxylation is 2. The third-order valence-corrected chi connectivity index (χ3v) is 5.87. The van der Waals surface area contributed by atoms with Crippen LogP contribution in [0.25, 0.3) is 21.5 Å². The van der Waals surface area contributed by atoms with Crippen LogP contribution in [0.15, 0.2) is 99.9 Å². The topological polar surface area (TPSA) is 0 Å². The van der Waals surface area contributed by atoms with Gasteiger partial charge in [-0.25, -0.2) is 0 Å². The number of hydrogen-bond donors (Lipinski definition) is 0. The van der Waals surface area contributed by atoms with E-state index >= 15 is 0 Å². The Bertz CT molecular complexity index is 1150. The second kappa shape index (κ2) is 14.6. The number of hydrogen-bond acceptors (Lipinski definition) is 0. The van der Waals surface area contributed by atoms with E-state index in [1.807, 2.05) is 30.3 Å². The van der Waals surface area contributed by atoms with Gasteiger partial charge in [0.15, 0.2) is 0 Å². The van der Waals surface area contributed by atoms with Crippen LogP contribution >= 0.6 is 48.9 Å². The first-order valence-corrected chi connectivity index (χ1v) is 17.7. The molecular weight excluding hydrogens is 645 g/mol. The summed E-state index contributed by atoms with van der Waals surface area (Å²) in [5, 5.41) is 5.25. The molecule has 0 aliphatic heterocycles. The maximum absolute atomic E-state index is 5.36. The molecule has 0 atom stereocenters. The average molecular weight is 666 g/mol. The molecule has 0 aliphatic carbocycles. The van der Waals surface area contributed by atoms with Crippen LogP contribution < -0.4 is 5.46 Å². The third kappa shape index (κ3) is 8.96. The first-order chi connectivity index (χ1) is 15.3. The zero-order valence-electron chi connectivity index (χ0n) is 17.7. The van der Waals surface area contributed by atoms with E-state index in [-0.39, 0.29) is 0 Å². The molecule has 0 fully saturated rings. The normalized spacial score (nSPS) is 9.56. The molecule has 6 heteroatoms. The van der Waals surface area contributed by atoms with Crippen LogP contribution in [0.3, 0.4) is 0 Å². The van der Waals surface area contributed by atoms with Crippen LogP contribution in [0.2, 0.25) is 0 Å². The summed E-state index contributed by atoms with van der Waals surface area (Å²) < 4.78 is 2.37. The fourth-order valence-corrected chi connectivity index (χ4v) is 4.14. The van der Waals surface area contributed by atoms with Crippen molar-refractivity contribution in [3.63, 3.8) is 0 Å². The van der Waals surface area contributed by atoms with Crippen molar-refractivity contribution < 1.29 is 20.8 Å². The van der Waals surface area contributed by atoms with Gasteiger partial charge in [-0.2, -0.15) is 12.1 Å². The van der Waals surface area contributed by atoms with E-state index in [1.54, 1.807) is 0 Å². The molecule has 0 bridgehead atoms. The second-order valence-corrected chi connectivity index (χ2v) is 12.5. The van der Waals surface area contributed by atoms with Gasteiger partial charge in [0.1, 0.15) is 7.85 Å². The molecule has 0 amide bonds. The molecular formula is C26H21BBr2Cl2Zr. The van der Waals surface area contributed by atoms with Crippen molar-refractivity contribution >= 4 is 83.7 Å². The van der Waals surface area contributed by atoms with E-state index in [1.165, 1.54) is 41.6 Å². The van der Waals surface area contributed by atoms with Gasteiger partial charge < -0.3 is 0 Å². The predicted molar refractivity (Wildman–Crippen MR) is 147 cm³/mol. The summed E-state index contributed by atoms with van der Waals surface area (Å²) in [6.07, 6.45) is 0. The number of fused-ring (bicyclic) bond motifs is 2. The van der Waals surface area contributed by atoms with Crippen molar-refractivity contribution in [3.8, 4) is 0 Å². The summed E-state index contributed by atoms with van der Waals surface area (Å²) in [4.78, 5) is 0. The van der Waals surface area contributed by atoms with Crippen molar-refractivity contribution in [2.75, 3.05) is 0 Å². The number of benzene rings is 3. The van der Waals surface area contributed by atoms with Crippen LogP contribution in [0.4, 0.5) is 0 Å². The Hall–Kier alpha value is -0.632. The summed E-state index contributed by atoms with van der Waals surface area (Å²) in [7, 11) is 15.2. The molecule has 0 N–H and O–H groups in total. The van der Waals surface area contributed by atoms with Crippen molar-refractivity contribution in [1.82, 2.24) is 0 Å². The van der Waals surface area contributed by atoms with Gasteiger partial charge in [-0.05, 0) is 8.95 Å². The van der Waals surface area contributed by atoms with Crippen LogP contribution in [-0.4, -0.2) is 7.85 Å². The zero-order chi connectivity index (χ0) is 23.5. The first kappa shape index (κ1) is 27.6. The summed E-state index contributed by atoms with van der Waals surface area (Å²) in [5.41, 5.74) is 3.47. The molecule has 160 valence electrons. The van der Waals surface area contributed by atoms with Gasteiger partial charge in [0.2, 0.25) is 0 Å².